The van der Waals surface area contributed by atoms with Gasteiger partial charge in [0.2, 0.25) is 5.91 Å². The third-order valence-corrected chi connectivity index (χ3v) is 3.87. The summed E-state index contributed by atoms with van der Waals surface area (Å²) in [6, 6.07) is 10.1. The molecule has 112 valence electrons. The van der Waals surface area contributed by atoms with Crippen LogP contribution >= 0.6 is 12.2 Å². The maximum absolute atomic E-state index is 11.8. The van der Waals surface area contributed by atoms with Crippen molar-refractivity contribution < 1.29 is 4.79 Å². The van der Waals surface area contributed by atoms with Gasteiger partial charge in [0.25, 0.3) is 0 Å². The summed E-state index contributed by atoms with van der Waals surface area (Å²) in [7, 11) is 0. The fourth-order valence-corrected chi connectivity index (χ4v) is 2.80. The Morgan fingerprint density at radius 2 is 1.76 bits per heavy atom. The van der Waals surface area contributed by atoms with E-state index in [0.717, 1.165) is 18.4 Å². The van der Waals surface area contributed by atoms with E-state index in [4.69, 9.17) is 12.2 Å². The number of benzene rings is 1. The lowest BCUT2D eigenvalue weighted by atomic mass is 10.1. The molecule has 0 atom stereocenters. The average molecular weight is 302 g/mol. The van der Waals surface area contributed by atoms with Crippen LogP contribution in [0, 0.1) is 0 Å². The molecule has 1 aromatic rings. The van der Waals surface area contributed by atoms with Crippen LogP contribution in [0.2, 0.25) is 0 Å². The largest absolute Gasteiger partial charge is 0.360 e. The monoisotopic (exact) mass is 302 g/mol. The van der Waals surface area contributed by atoms with Crippen LogP contribution in [-0.4, -0.2) is 17.1 Å². The van der Waals surface area contributed by atoms with Crippen LogP contribution in [0.25, 0.3) is 6.08 Å². The van der Waals surface area contributed by atoms with E-state index in [-0.39, 0.29) is 5.91 Å². The summed E-state index contributed by atoms with van der Waals surface area (Å²) in [6.45, 7) is 0. The fraction of sp³-hybridized carbons (Fsp3) is 0.412. The summed E-state index contributed by atoms with van der Waals surface area (Å²) >= 11 is 5.21. The fourth-order valence-electron chi connectivity index (χ4n) is 2.53. The van der Waals surface area contributed by atoms with Crippen molar-refractivity contribution in [3.05, 3.63) is 42.0 Å². The van der Waals surface area contributed by atoms with Gasteiger partial charge in [0.05, 0.1) is 0 Å². The summed E-state index contributed by atoms with van der Waals surface area (Å²) in [5, 5.41) is 6.40. The summed E-state index contributed by atoms with van der Waals surface area (Å²) in [5.41, 5.74) is 0.996. The third-order valence-electron chi connectivity index (χ3n) is 3.65. The van der Waals surface area contributed by atoms with Crippen LogP contribution < -0.4 is 10.6 Å². The van der Waals surface area contributed by atoms with Crippen LogP contribution in [0.3, 0.4) is 0 Å². The molecule has 4 heteroatoms. The average Bonchev–Trinajstić information content (AvgIpc) is 2.75. The van der Waals surface area contributed by atoms with E-state index in [0.29, 0.717) is 11.2 Å². The summed E-state index contributed by atoms with van der Waals surface area (Å²) in [4.78, 5) is 11.8. The van der Waals surface area contributed by atoms with Crippen molar-refractivity contribution in [3.8, 4) is 0 Å². The van der Waals surface area contributed by atoms with E-state index in [9.17, 15) is 4.79 Å². The van der Waals surface area contributed by atoms with Gasteiger partial charge >= 0.3 is 0 Å². The molecule has 1 fully saturated rings. The van der Waals surface area contributed by atoms with Gasteiger partial charge in [0.15, 0.2) is 5.11 Å². The highest BCUT2D eigenvalue weighted by Gasteiger charge is 2.13. The van der Waals surface area contributed by atoms with E-state index in [1.807, 2.05) is 30.3 Å². The molecule has 2 rings (SSSR count). The SMILES string of the molecule is O=C(/C=C/c1ccccc1)NC(=S)NC1CCCCCC1. The topological polar surface area (TPSA) is 41.1 Å². The molecule has 21 heavy (non-hydrogen) atoms. The zero-order valence-corrected chi connectivity index (χ0v) is 13.0. The van der Waals surface area contributed by atoms with Crippen LogP contribution in [-0.2, 0) is 4.79 Å². The molecule has 0 bridgehead atoms. The van der Waals surface area contributed by atoms with E-state index in [2.05, 4.69) is 10.6 Å². The minimum atomic E-state index is -0.190. The number of amides is 1. The predicted octanol–water partition coefficient (Wildman–Crippen LogP) is 3.41. The molecular formula is C17H22N2OS. The van der Waals surface area contributed by atoms with Gasteiger partial charge in [-0.1, -0.05) is 56.0 Å². The first kappa shape index (κ1) is 15.7. The lowest BCUT2D eigenvalue weighted by Crippen LogP contribution is -2.43. The van der Waals surface area contributed by atoms with Crippen molar-refractivity contribution in [1.29, 1.82) is 0 Å². The molecule has 0 aliphatic heterocycles. The molecule has 0 unspecified atom stereocenters. The Bertz CT molecular complexity index is 491. The van der Waals surface area contributed by atoms with Crippen molar-refractivity contribution >= 4 is 29.3 Å². The molecule has 1 aliphatic carbocycles. The van der Waals surface area contributed by atoms with Crippen molar-refractivity contribution in [3.63, 3.8) is 0 Å². The predicted molar refractivity (Wildman–Crippen MR) is 90.8 cm³/mol. The van der Waals surface area contributed by atoms with Gasteiger partial charge in [0.1, 0.15) is 0 Å². The Hall–Kier alpha value is -1.68. The van der Waals surface area contributed by atoms with Crippen molar-refractivity contribution in [2.45, 2.75) is 44.6 Å². The number of hydrogen-bond donors (Lipinski definition) is 2. The molecule has 0 saturated heterocycles. The molecule has 2 N–H and O–H groups in total. The smallest absolute Gasteiger partial charge is 0.250 e. The molecule has 0 aromatic heterocycles. The Labute approximate surface area is 131 Å². The molecule has 1 aromatic carbocycles. The molecule has 1 saturated carbocycles. The van der Waals surface area contributed by atoms with Gasteiger partial charge in [-0.05, 0) is 36.7 Å². The van der Waals surface area contributed by atoms with E-state index < -0.39 is 0 Å². The number of rotatable bonds is 3. The summed E-state index contributed by atoms with van der Waals surface area (Å²) < 4.78 is 0. The Balaban J connectivity index is 1.76. The first-order valence-corrected chi connectivity index (χ1v) is 7.99. The maximum Gasteiger partial charge on any atom is 0.250 e. The number of thiocarbonyl (C=S) groups is 1. The quantitative estimate of drug-likeness (QED) is 0.511. The lowest BCUT2D eigenvalue weighted by Gasteiger charge is -2.17. The van der Waals surface area contributed by atoms with Crippen LogP contribution in [0.5, 0.6) is 0 Å². The molecule has 1 amide bonds. The number of carbonyl (C=O) groups is 1. The maximum atomic E-state index is 11.8. The van der Waals surface area contributed by atoms with Crippen LogP contribution in [0.15, 0.2) is 36.4 Å². The van der Waals surface area contributed by atoms with Gasteiger partial charge in [-0.25, -0.2) is 0 Å². The highest BCUT2D eigenvalue weighted by atomic mass is 32.1. The number of hydrogen-bond acceptors (Lipinski definition) is 2. The highest BCUT2D eigenvalue weighted by molar-refractivity contribution is 7.80. The molecular weight excluding hydrogens is 280 g/mol. The Morgan fingerprint density at radius 1 is 1.10 bits per heavy atom. The number of carbonyl (C=O) groups excluding carboxylic acids is 1. The second-order valence-corrected chi connectivity index (χ2v) is 5.80. The van der Waals surface area contributed by atoms with E-state index in [1.165, 1.54) is 31.8 Å². The van der Waals surface area contributed by atoms with Crippen molar-refractivity contribution in [1.82, 2.24) is 10.6 Å². The summed E-state index contributed by atoms with van der Waals surface area (Å²) in [5.74, 6) is -0.190. The van der Waals surface area contributed by atoms with Gasteiger partial charge in [-0.15, -0.1) is 0 Å². The van der Waals surface area contributed by atoms with Crippen LogP contribution in [0.1, 0.15) is 44.1 Å². The second kappa shape index (κ2) is 8.57. The van der Waals surface area contributed by atoms with Crippen molar-refractivity contribution in [2.24, 2.45) is 0 Å². The molecule has 0 radical (unpaired) electrons. The molecule has 3 nitrogen and oxygen atoms in total. The molecule has 1 aliphatic rings. The normalized spacial score (nSPS) is 16.4. The van der Waals surface area contributed by atoms with Gasteiger partial charge in [-0.2, -0.15) is 0 Å². The second-order valence-electron chi connectivity index (χ2n) is 5.40. The molecule has 0 spiro atoms. The van der Waals surface area contributed by atoms with Gasteiger partial charge in [0, 0.05) is 12.1 Å². The first-order chi connectivity index (χ1) is 10.2. The first-order valence-electron chi connectivity index (χ1n) is 7.58. The van der Waals surface area contributed by atoms with Gasteiger partial charge < -0.3 is 5.32 Å². The van der Waals surface area contributed by atoms with Gasteiger partial charge in [-0.3, -0.25) is 10.1 Å². The third kappa shape index (κ3) is 6.08. The van der Waals surface area contributed by atoms with E-state index >= 15 is 0 Å². The Morgan fingerprint density at radius 3 is 2.43 bits per heavy atom. The minimum absolute atomic E-state index is 0.190. The molecule has 0 heterocycles. The van der Waals surface area contributed by atoms with Crippen molar-refractivity contribution in [2.75, 3.05) is 0 Å². The minimum Gasteiger partial charge on any atom is -0.360 e. The van der Waals surface area contributed by atoms with E-state index in [1.54, 1.807) is 6.08 Å². The summed E-state index contributed by atoms with van der Waals surface area (Å²) in [6.07, 6.45) is 10.6. The highest BCUT2D eigenvalue weighted by Crippen LogP contribution is 2.16. The zero-order chi connectivity index (χ0) is 14.9. The van der Waals surface area contributed by atoms with Crippen LogP contribution in [0.4, 0.5) is 0 Å². The lowest BCUT2D eigenvalue weighted by molar-refractivity contribution is -0.115. The number of nitrogens with one attached hydrogen (secondary N) is 2. The zero-order valence-electron chi connectivity index (χ0n) is 12.2. The Kier molecular flexibility index (Phi) is 6.41. The standard InChI is InChI=1S/C17H22N2OS/c20-16(13-12-14-8-4-3-5-9-14)19-17(21)18-15-10-6-1-2-7-11-15/h3-5,8-9,12-13,15H,1-2,6-7,10-11H2,(H2,18,19,20,21)/b13-12+.